The van der Waals surface area contributed by atoms with Crippen LogP contribution in [-0.2, 0) is 11.8 Å². The number of aryl methyl sites for hydroxylation is 2. The van der Waals surface area contributed by atoms with E-state index < -0.39 is 6.04 Å². The number of rotatable bonds is 6. The van der Waals surface area contributed by atoms with Crippen molar-refractivity contribution in [2.75, 3.05) is 40.8 Å². The van der Waals surface area contributed by atoms with Gasteiger partial charge in [0, 0.05) is 47.5 Å². The predicted molar refractivity (Wildman–Crippen MR) is 138 cm³/mol. The van der Waals surface area contributed by atoms with Crippen molar-refractivity contribution in [3.05, 3.63) is 47.3 Å². The number of likely N-dealkylation sites (N-methyl/N-ethyl adjacent to an activating group) is 2. The van der Waals surface area contributed by atoms with Gasteiger partial charge in [0.1, 0.15) is 11.8 Å². The highest BCUT2D eigenvalue weighted by atomic mass is 16.5. The van der Waals surface area contributed by atoms with Crippen LogP contribution in [0.5, 0.6) is 5.75 Å². The van der Waals surface area contributed by atoms with Gasteiger partial charge < -0.3 is 19.4 Å². The molecule has 3 amide bonds. The molecule has 0 saturated heterocycles. The Labute approximate surface area is 214 Å². The Morgan fingerprint density at radius 3 is 2.58 bits per heavy atom. The maximum absolute atomic E-state index is 13.4. The Hall–Kier alpha value is -3.36. The fourth-order valence-corrected chi connectivity index (χ4v) is 4.56. The van der Waals surface area contributed by atoms with E-state index in [1.54, 1.807) is 65.9 Å². The number of aromatic nitrogens is 2. The maximum atomic E-state index is 13.4. The first kappa shape index (κ1) is 27.2. The molecule has 0 fully saturated rings. The van der Waals surface area contributed by atoms with Gasteiger partial charge in [0.15, 0.2) is 0 Å². The molecule has 1 atom stereocenters. The molecule has 2 heterocycles. The van der Waals surface area contributed by atoms with Crippen LogP contribution < -0.4 is 4.74 Å². The zero-order valence-electron chi connectivity index (χ0n) is 22.2. The third kappa shape index (κ3) is 6.65. The SMILES string of the molecule is Cc1nn(C)cc1C(=O)N(C)CCCC[C@H]1C(=O)N(C)CCCCCOc2ccccc2C(=O)N1C. The topological polar surface area (TPSA) is 88.0 Å². The Bertz CT molecular complexity index is 1070. The first-order chi connectivity index (χ1) is 17.2. The number of fused-ring (bicyclic) bond motifs is 1. The number of carbonyl (C=O) groups is 3. The summed E-state index contributed by atoms with van der Waals surface area (Å²) in [5.74, 6) is 0.205. The third-order valence-electron chi connectivity index (χ3n) is 6.77. The molecule has 0 saturated carbocycles. The molecule has 1 aromatic carbocycles. The van der Waals surface area contributed by atoms with Crippen LogP contribution in [0.3, 0.4) is 0 Å². The summed E-state index contributed by atoms with van der Waals surface area (Å²) in [5.41, 5.74) is 1.77. The van der Waals surface area contributed by atoms with Crippen molar-refractivity contribution in [3.8, 4) is 5.75 Å². The first-order valence-corrected chi connectivity index (χ1v) is 12.7. The zero-order chi connectivity index (χ0) is 26.2. The van der Waals surface area contributed by atoms with Crippen molar-refractivity contribution in [3.63, 3.8) is 0 Å². The molecular weight excluding hydrogens is 458 g/mol. The van der Waals surface area contributed by atoms with Gasteiger partial charge >= 0.3 is 0 Å². The van der Waals surface area contributed by atoms with Crippen molar-refractivity contribution in [1.82, 2.24) is 24.5 Å². The summed E-state index contributed by atoms with van der Waals surface area (Å²) in [6.07, 6.45) is 6.37. The minimum absolute atomic E-state index is 0.0566. The molecule has 9 heteroatoms. The summed E-state index contributed by atoms with van der Waals surface area (Å²) < 4.78 is 7.55. The van der Waals surface area contributed by atoms with Crippen molar-refractivity contribution in [2.45, 2.75) is 51.5 Å². The van der Waals surface area contributed by atoms with E-state index in [1.165, 1.54) is 0 Å². The van der Waals surface area contributed by atoms with Crippen LogP contribution in [0.1, 0.15) is 64.9 Å². The van der Waals surface area contributed by atoms with E-state index in [4.69, 9.17) is 4.74 Å². The number of carbonyl (C=O) groups excluding carboxylic acids is 3. The van der Waals surface area contributed by atoms with Crippen LogP contribution in [0.2, 0.25) is 0 Å². The number of nitrogens with zero attached hydrogens (tertiary/aromatic N) is 5. The van der Waals surface area contributed by atoms with E-state index in [-0.39, 0.29) is 17.7 Å². The summed E-state index contributed by atoms with van der Waals surface area (Å²) in [6, 6.07) is 6.63. The van der Waals surface area contributed by atoms with Crippen LogP contribution in [0.15, 0.2) is 30.5 Å². The molecule has 0 N–H and O–H groups in total. The molecule has 9 nitrogen and oxygen atoms in total. The second-order valence-corrected chi connectivity index (χ2v) is 9.62. The lowest BCUT2D eigenvalue weighted by Gasteiger charge is -2.31. The van der Waals surface area contributed by atoms with Crippen LogP contribution in [0.4, 0.5) is 0 Å². The number of unbranched alkanes of at least 4 members (excludes halogenated alkanes) is 1. The van der Waals surface area contributed by atoms with Gasteiger partial charge in [-0.3, -0.25) is 19.1 Å². The van der Waals surface area contributed by atoms with E-state index in [0.717, 1.165) is 25.7 Å². The van der Waals surface area contributed by atoms with Gasteiger partial charge in [0.25, 0.3) is 11.8 Å². The number of amides is 3. The molecule has 2 aromatic rings. The molecule has 1 aromatic heterocycles. The zero-order valence-corrected chi connectivity index (χ0v) is 22.2. The molecule has 0 bridgehead atoms. The summed E-state index contributed by atoms with van der Waals surface area (Å²) in [5, 5.41) is 4.25. The fourth-order valence-electron chi connectivity index (χ4n) is 4.56. The largest absolute Gasteiger partial charge is 0.493 e. The lowest BCUT2D eigenvalue weighted by molar-refractivity contribution is -0.134. The molecule has 0 spiro atoms. The van der Waals surface area contributed by atoms with Crippen LogP contribution in [0.25, 0.3) is 0 Å². The Morgan fingerprint density at radius 2 is 1.86 bits per heavy atom. The van der Waals surface area contributed by atoms with E-state index in [0.29, 0.717) is 55.1 Å². The second kappa shape index (κ2) is 12.6. The standard InChI is InChI=1S/C27H39N5O4/c1-20-22(19-31(4)28-20)25(33)29(2)17-11-9-14-23-27(35)30(3)16-10-6-12-18-36-24-15-8-7-13-21(24)26(34)32(23)5/h7-8,13,15,19,23H,6,9-12,14,16-18H2,1-5H3/t23-/m0/s1. The summed E-state index contributed by atoms with van der Waals surface area (Å²) >= 11 is 0. The average Bonchev–Trinajstić information content (AvgIpc) is 3.21. The molecular formula is C27H39N5O4. The van der Waals surface area contributed by atoms with Crippen molar-refractivity contribution in [1.29, 1.82) is 0 Å². The molecule has 0 aliphatic carbocycles. The highest BCUT2D eigenvalue weighted by Crippen LogP contribution is 2.23. The monoisotopic (exact) mass is 497 g/mol. The van der Waals surface area contributed by atoms with Gasteiger partial charge in [-0.15, -0.1) is 0 Å². The van der Waals surface area contributed by atoms with Crippen LogP contribution in [0, 0.1) is 6.92 Å². The fraction of sp³-hybridized carbons (Fsp3) is 0.556. The lowest BCUT2D eigenvalue weighted by atomic mass is 10.0. The van der Waals surface area contributed by atoms with Gasteiger partial charge in [-0.1, -0.05) is 12.1 Å². The smallest absolute Gasteiger partial charge is 0.258 e. The highest BCUT2D eigenvalue weighted by molar-refractivity contribution is 5.99. The van der Waals surface area contributed by atoms with Gasteiger partial charge in [0.05, 0.1) is 23.4 Å². The highest BCUT2D eigenvalue weighted by Gasteiger charge is 2.31. The number of ether oxygens (including phenoxy) is 1. The molecule has 196 valence electrons. The maximum Gasteiger partial charge on any atom is 0.258 e. The molecule has 1 aliphatic rings. The van der Waals surface area contributed by atoms with Crippen molar-refractivity contribution < 1.29 is 19.1 Å². The van der Waals surface area contributed by atoms with Crippen LogP contribution >= 0.6 is 0 Å². The van der Waals surface area contributed by atoms with E-state index >= 15 is 0 Å². The minimum atomic E-state index is -0.585. The first-order valence-electron chi connectivity index (χ1n) is 12.7. The quantitative estimate of drug-likeness (QED) is 0.572. The Balaban J connectivity index is 1.68. The normalized spacial score (nSPS) is 17.5. The molecule has 36 heavy (non-hydrogen) atoms. The van der Waals surface area contributed by atoms with Gasteiger partial charge in [-0.05, 0) is 57.6 Å². The Kier molecular flexibility index (Phi) is 9.50. The minimum Gasteiger partial charge on any atom is -0.493 e. The summed E-state index contributed by atoms with van der Waals surface area (Å²) in [4.78, 5) is 44.6. The van der Waals surface area contributed by atoms with E-state index in [2.05, 4.69) is 5.10 Å². The predicted octanol–water partition coefficient (Wildman–Crippen LogP) is 3.13. The van der Waals surface area contributed by atoms with E-state index in [9.17, 15) is 14.4 Å². The number of para-hydroxylation sites is 1. The van der Waals surface area contributed by atoms with Gasteiger partial charge in [0.2, 0.25) is 5.91 Å². The van der Waals surface area contributed by atoms with Crippen LogP contribution in [-0.4, -0.2) is 89.1 Å². The summed E-state index contributed by atoms with van der Waals surface area (Å²) in [6.45, 7) is 3.56. The molecule has 1 aliphatic heterocycles. The molecule has 3 rings (SSSR count). The molecule has 0 radical (unpaired) electrons. The third-order valence-corrected chi connectivity index (χ3v) is 6.77. The summed E-state index contributed by atoms with van der Waals surface area (Å²) in [7, 11) is 7.07. The number of benzene rings is 1. The molecule has 0 unspecified atom stereocenters. The second-order valence-electron chi connectivity index (χ2n) is 9.62. The van der Waals surface area contributed by atoms with Crippen molar-refractivity contribution in [2.24, 2.45) is 7.05 Å². The Morgan fingerprint density at radius 1 is 1.11 bits per heavy atom. The van der Waals surface area contributed by atoms with Gasteiger partial charge in [-0.2, -0.15) is 5.10 Å². The van der Waals surface area contributed by atoms with E-state index in [1.807, 2.05) is 19.1 Å². The van der Waals surface area contributed by atoms with Crippen molar-refractivity contribution >= 4 is 17.7 Å². The number of hydrogen-bond acceptors (Lipinski definition) is 5. The van der Waals surface area contributed by atoms with Gasteiger partial charge in [-0.25, -0.2) is 0 Å². The number of hydrogen-bond donors (Lipinski definition) is 0. The average molecular weight is 498 g/mol. The lowest BCUT2D eigenvalue weighted by Crippen LogP contribution is -2.48.